The molecule has 0 heterocycles. The smallest absolute Gasteiger partial charge is 0.187 e. The van der Waals surface area contributed by atoms with E-state index in [-0.39, 0.29) is 50.1 Å². The first-order valence-corrected chi connectivity index (χ1v) is 0. The molecular weight excluding hydrogens is 126 g/mol. The summed E-state index contributed by atoms with van der Waals surface area (Å²) in [4.78, 5) is 0. The molecule has 0 rings (SSSR count). The molecule has 0 saturated heterocycles. The Morgan fingerprint density at radius 3 is 1.00 bits per heavy atom. The van der Waals surface area contributed by atoms with Crippen LogP contribution in [-0.2, 0) is 17.4 Å². The van der Waals surface area contributed by atoms with E-state index >= 15 is 0 Å². The summed E-state index contributed by atoms with van der Waals surface area (Å²) >= 11 is 0. The summed E-state index contributed by atoms with van der Waals surface area (Å²) in [7, 11) is 0. The van der Waals surface area contributed by atoms with Gasteiger partial charge in [-0.25, -0.2) is 0 Å². The van der Waals surface area contributed by atoms with Gasteiger partial charge in [-0.1, -0.05) is 0 Å². The van der Waals surface area contributed by atoms with Crippen LogP contribution in [0.3, 0.4) is 0 Å². The topological polar surface area (TPSA) is 31.5 Å². The molecule has 4 heteroatoms. The molecule has 0 aliphatic heterocycles. The molecule has 2 N–H and O–H groups in total. The Morgan fingerprint density at radius 1 is 1.00 bits per heavy atom. The van der Waals surface area contributed by atoms with Crippen LogP contribution in [0.15, 0.2) is 0 Å². The summed E-state index contributed by atoms with van der Waals surface area (Å²) in [5.74, 6) is 0. The average Bonchev–Trinajstić information content (AvgIpc) is 0. The maximum absolute atomic E-state index is 0. The fraction of sp³-hybridized carbons (Fsp3) is 0. The molecule has 0 fully saturated rings. The number of hydrogen-bond donors (Lipinski definition) is 0. The van der Waals surface area contributed by atoms with Gasteiger partial charge in [-0.05, 0) is 0 Å². The van der Waals surface area contributed by atoms with Gasteiger partial charge in [-0.15, -0.1) is 0 Å². The molecule has 0 bridgehead atoms. The van der Waals surface area contributed by atoms with E-state index in [1.165, 1.54) is 0 Å². The van der Waals surface area contributed by atoms with E-state index < -0.39 is 0 Å². The Morgan fingerprint density at radius 2 is 1.00 bits per heavy atom. The Balaban J connectivity index is 0. The zero-order valence-corrected chi connectivity index (χ0v) is 4.30. The minimum absolute atomic E-state index is 0. The summed E-state index contributed by atoms with van der Waals surface area (Å²) in [6.07, 6.45) is 0. The van der Waals surface area contributed by atoms with Gasteiger partial charge in [0.05, 0.1) is 0 Å². The fourth-order valence-electron chi connectivity index (χ4n) is 0. The van der Waals surface area contributed by atoms with Gasteiger partial charge in [-0.3, -0.25) is 0 Å². The van der Waals surface area contributed by atoms with Gasteiger partial charge in [0.1, 0.15) is 0 Å². The zero-order chi connectivity index (χ0) is 0. The van der Waals surface area contributed by atoms with Crippen LogP contribution in [0.4, 0.5) is 0 Å². The third-order valence-electron chi connectivity index (χ3n) is 0. The standard InChI is InChI=1S/Al.Cr.H2O.H3P.3H/h;;1H2;1H3;;;. The van der Waals surface area contributed by atoms with Crippen LogP contribution in [-0.4, -0.2) is 22.8 Å². The van der Waals surface area contributed by atoms with Gasteiger partial charge >= 0.3 is 0 Å². The largest absolute Gasteiger partial charge is 0.412 e. The molecule has 1 unspecified atom stereocenters. The van der Waals surface area contributed by atoms with Crippen LogP contribution in [0, 0.1) is 0 Å². The molecule has 0 saturated carbocycles. The van der Waals surface area contributed by atoms with Crippen molar-refractivity contribution in [3.05, 3.63) is 0 Å². The molecule has 0 aliphatic carbocycles. The van der Waals surface area contributed by atoms with Crippen molar-refractivity contribution in [2.24, 2.45) is 0 Å². The molecule has 0 aromatic rings. The van der Waals surface area contributed by atoms with Crippen molar-refractivity contribution in [1.82, 2.24) is 0 Å². The van der Waals surface area contributed by atoms with Crippen LogP contribution >= 0.6 is 9.90 Å². The molecule has 0 radical (unpaired) electrons. The maximum Gasteiger partial charge on any atom is 0.187 e. The van der Waals surface area contributed by atoms with E-state index in [4.69, 9.17) is 0 Å². The Kier molecular flexibility index (Phi) is 321. The zero-order valence-electron chi connectivity index (χ0n) is 1.62. The van der Waals surface area contributed by atoms with Crippen LogP contribution < -0.4 is 0 Å². The van der Waals surface area contributed by atoms with Crippen molar-refractivity contribution >= 4 is 27.3 Å². The van der Waals surface area contributed by atoms with Crippen LogP contribution in [0.2, 0.25) is 0 Å². The molecule has 0 amide bonds. The second-order valence-corrected chi connectivity index (χ2v) is 0. The molecule has 28 valence electrons. The molecule has 0 aromatic carbocycles. The van der Waals surface area contributed by atoms with E-state index in [1.807, 2.05) is 0 Å². The monoisotopic (exact) mass is 134 g/mol. The van der Waals surface area contributed by atoms with Gasteiger partial charge in [0.15, 0.2) is 17.4 Å². The van der Waals surface area contributed by atoms with Crippen LogP contribution in [0.5, 0.6) is 0 Å². The van der Waals surface area contributed by atoms with Crippen LogP contribution in [0.25, 0.3) is 0 Å². The Hall–Kier alpha value is 1.45. The minimum Gasteiger partial charge on any atom is -0.412 e. The van der Waals surface area contributed by atoms with Crippen molar-refractivity contribution in [3.8, 4) is 0 Å². The predicted octanol–water partition coefficient (Wildman–Crippen LogP) is -1.95. The van der Waals surface area contributed by atoms with Gasteiger partial charge in [0, 0.05) is 17.4 Å². The second kappa shape index (κ2) is 25.1. The average molecular weight is 134 g/mol. The molecule has 0 spiro atoms. The van der Waals surface area contributed by atoms with Crippen molar-refractivity contribution in [2.75, 3.05) is 0 Å². The maximum atomic E-state index is 0. The fourth-order valence-corrected chi connectivity index (χ4v) is 0. The normalized spacial score (nSPS) is 0. The molecule has 0 aromatic heterocycles. The van der Waals surface area contributed by atoms with Gasteiger partial charge < -0.3 is 5.48 Å². The SMILES string of the molecule is O.P.[AlH3].[Cr]. The van der Waals surface area contributed by atoms with Gasteiger partial charge in [0.2, 0.25) is 0 Å². The van der Waals surface area contributed by atoms with E-state index in [9.17, 15) is 0 Å². The third-order valence-corrected chi connectivity index (χ3v) is 0. The minimum atomic E-state index is 0. The van der Waals surface area contributed by atoms with E-state index in [0.717, 1.165) is 0 Å². The molecule has 1 nitrogen and oxygen atoms in total. The number of hydrogen-bond acceptors (Lipinski definition) is 0. The van der Waals surface area contributed by atoms with Crippen LogP contribution in [0.1, 0.15) is 0 Å². The summed E-state index contributed by atoms with van der Waals surface area (Å²) in [5.41, 5.74) is 0. The molecule has 4 heavy (non-hydrogen) atoms. The van der Waals surface area contributed by atoms with Gasteiger partial charge in [-0.2, -0.15) is 9.90 Å². The van der Waals surface area contributed by atoms with Crippen molar-refractivity contribution in [2.45, 2.75) is 0 Å². The Bertz CT molecular complexity index is 8.00. The quantitative estimate of drug-likeness (QED) is 0.272. The van der Waals surface area contributed by atoms with Crippen molar-refractivity contribution in [3.63, 3.8) is 0 Å². The summed E-state index contributed by atoms with van der Waals surface area (Å²) in [6.45, 7) is 0. The van der Waals surface area contributed by atoms with Gasteiger partial charge in [0.25, 0.3) is 0 Å². The molecule has 1 atom stereocenters. The molecule has 0 aliphatic rings. The van der Waals surface area contributed by atoms with E-state index in [2.05, 4.69) is 0 Å². The first-order valence-electron chi connectivity index (χ1n) is 0. The van der Waals surface area contributed by atoms with Crippen molar-refractivity contribution in [1.29, 1.82) is 0 Å². The Labute approximate surface area is 50.3 Å². The van der Waals surface area contributed by atoms with E-state index in [0.29, 0.717) is 0 Å². The summed E-state index contributed by atoms with van der Waals surface area (Å²) < 4.78 is 0. The predicted molar refractivity (Wildman–Crippen MR) is 24.7 cm³/mol. The summed E-state index contributed by atoms with van der Waals surface area (Å²) in [6, 6.07) is 0. The number of rotatable bonds is 0. The molecular formula is H8AlCrOP. The summed E-state index contributed by atoms with van der Waals surface area (Å²) in [5, 5.41) is 0. The second-order valence-electron chi connectivity index (χ2n) is 0. The third kappa shape index (κ3) is 9.84. The van der Waals surface area contributed by atoms with E-state index in [1.54, 1.807) is 0 Å². The first-order chi connectivity index (χ1) is 0. The first kappa shape index (κ1) is 51.1. The van der Waals surface area contributed by atoms with Crippen molar-refractivity contribution < 1.29 is 22.8 Å².